The maximum absolute atomic E-state index is 5.57. The zero-order valence-electron chi connectivity index (χ0n) is 9.83. The molecule has 1 heterocycles. The highest BCUT2D eigenvalue weighted by Crippen LogP contribution is 2.24. The molecule has 0 bridgehead atoms. The van der Waals surface area contributed by atoms with E-state index in [1.165, 1.54) is 18.4 Å². The van der Waals surface area contributed by atoms with Gasteiger partial charge in [-0.1, -0.05) is 18.7 Å². The molecular formula is C14H19NO. The number of rotatable bonds is 4. The van der Waals surface area contributed by atoms with Crippen molar-refractivity contribution in [3.8, 4) is 5.75 Å². The quantitative estimate of drug-likeness (QED) is 0.783. The summed E-state index contributed by atoms with van der Waals surface area (Å²) in [6, 6.07) is 8.92. The van der Waals surface area contributed by atoms with E-state index in [4.69, 9.17) is 4.74 Å². The second-order valence-corrected chi connectivity index (χ2v) is 4.46. The molecule has 1 aliphatic rings. The zero-order valence-corrected chi connectivity index (χ0v) is 9.83. The largest absolute Gasteiger partial charge is 0.489 e. The van der Waals surface area contributed by atoms with E-state index in [-0.39, 0.29) is 0 Å². The third-order valence-electron chi connectivity index (χ3n) is 2.83. The second-order valence-electron chi connectivity index (χ2n) is 4.46. The SMILES string of the molecule is C=C(C)COc1ccc(C2CCCN2)cc1. The first-order valence-electron chi connectivity index (χ1n) is 5.86. The van der Waals surface area contributed by atoms with Crippen LogP contribution in [0.1, 0.15) is 31.4 Å². The van der Waals surface area contributed by atoms with Gasteiger partial charge in [0, 0.05) is 6.04 Å². The molecule has 1 atom stereocenters. The van der Waals surface area contributed by atoms with E-state index < -0.39 is 0 Å². The highest BCUT2D eigenvalue weighted by atomic mass is 16.5. The van der Waals surface area contributed by atoms with E-state index in [9.17, 15) is 0 Å². The Balaban J connectivity index is 1.95. The van der Waals surface area contributed by atoms with Gasteiger partial charge in [0.1, 0.15) is 12.4 Å². The monoisotopic (exact) mass is 217 g/mol. The first-order chi connectivity index (χ1) is 7.75. The molecular weight excluding hydrogens is 198 g/mol. The summed E-state index contributed by atoms with van der Waals surface area (Å²) in [6.45, 7) is 7.52. The molecule has 0 amide bonds. The van der Waals surface area contributed by atoms with Crippen LogP contribution >= 0.6 is 0 Å². The Labute approximate surface area is 97.3 Å². The molecule has 2 heteroatoms. The maximum Gasteiger partial charge on any atom is 0.119 e. The molecule has 1 fully saturated rings. The number of hydrogen-bond acceptors (Lipinski definition) is 2. The van der Waals surface area contributed by atoms with Crippen LogP contribution < -0.4 is 10.1 Å². The molecule has 1 unspecified atom stereocenters. The Kier molecular flexibility index (Phi) is 3.62. The van der Waals surface area contributed by atoms with Crippen LogP contribution in [-0.4, -0.2) is 13.2 Å². The summed E-state index contributed by atoms with van der Waals surface area (Å²) in [4.78, 5) is 0. The normalized spacial score (nSPS) is 19.7. The van der Waals surface area contributed by atoms with Crippen molar-refractivity contribution < 1.29 is 4.74 Å². The molecule has 2 nitrogen and oxygen atoms in total. The molecule has 0 aromatic heterocycles. The van der Waals surface area contributed by atoms with Crippen molar-refractivity contribution in [1.82, 2.24) is 5.32 Å². The van der Waals surface area contributed by atoms with Gasteiger partial charge in [0.05, 0.1) is 0 Å². The summed E-state index contributed by atoms with van der Waals surface area (Å²) < 4.78 is 5.57. The minimum atomic E-state index is 0.537. The number of ether oxygens (including phenoxy) is 1. The summed E-state index contributed by atoms with van der Waals surface area (Å²) in [5.74, 6) is 0.921. The van der Waals surface area contributed by atoms with Crippen LogP contribution in [0.2, 0.25) is 0 Å². The predicted octanol–water partition coefficient (Wildman–Crippen LogP) is 3.07. The van der Waals surface area contributed by atoms with E-state index in [0.717, 1.165) is 17.9 Å². The van der Waals surface area contributed by atoms with E-state index in [1.54, 1.807) is 0 Å². The first-order valence-corrected chi connectivity index (χ1v) is 5.86. The Morgan fingerprint density at radius 3 is 2.75 bits per heavy atom. The van der Waals surface area contributed by atoms with Gasteiger partial charge in [-0.05, 0) is 49.6 Å². The minimum Gasteiger partial charge on any atom is -0.489 e. The van der Waals surface area contributed by atoms with Crippen LogP contribution in [0.25, 0.3) is 0 Å². The molecule has 0 radical (unpaired) electrons. The van der Waals surface area contributed by atoms with Crippen LogP contribution in [0, 0.1) is 0 Å². The van der Waals surface area contributed by atoms with Crippen molar-refractivity contribution in [3.63, 3.8) is 0 Å². The van der Waals surface area contributed by atoms with Crippen LogP contribution in [-0.2, 0) is 0 Å². The lowest BCUT2D eigenvalue weighted by Gasteiger charge is -2.11. The highest BCUT2D eigenvalue weighted by Gasteiger charge is 2.15. The van der Waals surface area contributed by atoms with Crippen LogP contribution in [0.4, 0.5) is 0 Å². The number of nitrogens with one attached hydrogen (secondary N) is 1. The number of hydrogen-bond donors (Lipinski definition) is 1. The van der Waals surface area contributed by atoms with Gasteiger partial charge in [-0.2, -0.15) is 0 Å². The van der Waals surface area contributed by atoms with Gasteiger partial charge in [-0.25, -0.2) is 0 Å². The van der Waals surface area contributed by atoms with Crippen molar-refractivity contribution >= 4 is 0 Å². The summed E-state index contributed by atoms with van der Waals surface area (Å²) in [5.41, 5.74) is 2.40. The van der Waals surface area contributed by atoms with Gasteiger partial charge in [-0.3, -0.25) is 0 Å². The van der Waals surface area contributed by atoms with Gasteiger partial charge >= 0.3 is 0 Å². The molecule has 0 saturated carbocycles. The van der Waals surface area contributed by atoms with Gasteiger partial charge in [0.15, 0.2) is 0 Å². The smallest absolute Gasteiger partial charge is 0.119 e. The van der Waals surface area contributed by atoms with E-state index in [1.807, 2.05) is 19.1 Å². The highest BCUT2D eigenvalue weighted by molar-refractivity contribution is 5.29. The average molecular weight is 217 g/mol. The van der Waals surface area contributed by atoms with Crippen molar-refractivity contribution in [1.29, 1.82) is 0 Å². The van der Waals surface area contributed by atoms with E-state index >= 15 is 0 Å². The molecule has 1 aliphatic heterocycles. The summed E-state index contributed by atoms with van der Waals surface area (Å²) in [5, 5.41) is 3.49. The average Bonchev–Trinajstić information content (AvgIpc) is 2.80. The Morgan fingerprint density at radius 1 is 1.44 bits per heavy atom. The van der Waals surface area contributed by atoms with Crippen molar-refractivity contribution in [2.24, 2.45) is 0 Å². The van der Waals surface area contributed by atoms with Crippen molar-refractivity contribution in [2.45, 2.75) is 25.8 Å². The maximum atomic E-state index is 5.57. The second kappa shape index (κ2) is 5.17. The summed E-state index contributed by atoms with van der Waals surface area (Å²) in [6.07, 6.45) is 2.52. The Bertz CT molecular complexity index is 350. The minimum absolute atomic E-state index is 0.537. The van der Waals surface area contributed by atoms with Gasteiger partial charge < -0.3 is 10.1 Å². The van der Waals surface area contributed by atoms with Gasteiger partial charge in [0.2, 0.25) is 0 Å². The van der Waals surface area contributed by atoms with Crippen LogP contribution in [0.5, 0.6) is 5.75 Å². The molecule has 1 aromatic carbocycles. The Hall–Kier alpha value is -1.28. The first kappa shape index (κ1) is 11.2. The summed E-state index contributed by atoms with van der Waals surface area (Å²) in [7, 11) is 0. The van der Waals surface area contributed by atoms with Gasteiger partial charge in [-0.15, -0.1) is 0 Å². The topological polar surface area (TPSA) is 21.3 Å². The molecule has 86 valence electrons. The molecule has 0 aliphatic carbocycles. The standard InChI is InChI=1S/C14H19NO/c1-11(2)10-16-13-7-5-12(6-8-13)14-4-3-9-15-14/h5-8,14-15H,1,3-4,9-10H2,2H3. The zero-order chi connectivity index (χ0) is 11.4. The fourth-order valence-corrected chi connectivity index (χ4v) is 1.97. The summed E-state index contributed by atoms with van der Waals surface area (Å²) >= 11 is 0. The number of benzene rings is 1. The van der Waals surface area contributed by atoms with Crippen LogP contribution in [0.3, 0.4) is 0 Å². The Morgan fingerprint density at radius 2 is 2.19 bits per heavy atom. The third-order valence-corrected chi connectivity index (χ3v) is 2.83. The van der Waals surface area contributed by atoms with E-state index in [2.05, 4.69) is 24.0 Å². The lowest BCUT2D eigenvalue weighted by atomic mass is 10.1. The van der Waals surface area contributed by atoms with Gasteiger partial charge in [0.25, 0.3) is 0 Å². The van der Waals surface area contributed by atoms with Crippen molar-refractivity contribution in [3.05, 3.63) is 42.0 Å². The molecule has 1 aromatic rings. The molecule has 1 N–H and O–H groups in total. The molecule has 2 rings (SSSR count). The molecule has 1 saturated heterocycles. The third kappa shape index (κ3) is 2.86. The van der Waals surface area contributed by atoms with Crippen molar-refractivity contribution in [2.75, 3.05) is 13.2 Å². The molecule has 16 heavy (non-hydrogen) atoms. The van der Waals surface area contributed by atoms with Crippen LogP contribution in [0.15, 0.2) is 36.4 Å². The lowest BCUT2D eigenvalue weighted by Crippen LogP contribution is -2.12. The lowest BCUT2D eigenvalue weighted by molar-refractivity contribution is 0.352. The fraction of sp³-hybridized carbons (Fsp3) is 0.429. The van der Waals surface area contributed by atoms with E-state index in [0.29, 0.717) is 12.6 Å². The predicted molar refractivity (Wildman–Crippen MR) is 66.7 cm³/mol. The fourth-order valence-electron chi connectivity index (χ4n) is 1.97. The molecule has 0 spiro atoms.